The quantitative estimate of drug-likeness (QED) is 0.164. The molecule has 0 atom stereocenters. The first-order valence-corrected chi connectivity index (χ1v) is 24.8. The maximum atomic E-state index is 7.15. The molecule has 0 aliphatic heterocycles. The second-order valence-electron chi connectivity index (χ2n) is 19.3. The molecule has 14 aromatic carbocycles. The zero-order valence-electron chi connectivity index (χ0n) is 38.9. The molecule has 332 valence electrons. The second-order valence-corrected chi connectivity index (χ2v) is 19.3. The Morgan fingerprint density at radius 1 is 0.208 bits per heavy atom. The van der Waals surface area contributed by atoms with Gasteiger partial charge in [-0.15, -0.1) is 0 Å². The fourth-order valence-corrected chi connectivity index (χ4v) is 12.6. The maximum Gasteiger partial charge on any atom is 0.179 e. The molecular weight excluding hydrogens is 873 g/mol. The van der Waals surface area contributed by atoms with E-state index in [-0.39, 0.29) is 0 Å². The molecule has 16 aromatic rings. The molecule has 2 heterocycles. The summed E-state index contributed by atoms with van der Waals surface area (Å²) in [6.07, 6.45) is 0. The monoisotopic (exact) mass is 912 g/mol. The van der Waals surface area contributed by atoms with Crippen molar-refractivity contribution in [2.45, 2.75) is 0 Å². The fraction of sp³-hybridized carbons (Fsp3) is 0. The summed E-state index contributed by atoms with van der Waals surface area (Å²) in [5.74, 6) is 0. The van der Waals surface area contributed by atoms with Gasteiger partial charge in [-0.25, -0.2) is 0 Å². The lowest BCUT2D eigenvalue weighted by Gasteiger charge is -2.18. The van der Waals surface area contributed by atoms with Gasteiger partial charge in [-0.2, -0.15) is 0 Å². The van der Waals surface area contributed by atoms with Crippen LogP contribution < -0.4 is 0 Å². The fourth-order valence-electron chi connectivity index (χ4n) is 12.6. The van der Waals surface area contributed by atoms with Gasteiger partial charge < -0.3 is 8.83 Å². The summed E-state index contributed by atoms with van der Waals surface area (Å²) in [7, 11) is 0. The Morgan fingerprint density at radius 3 is 0.861 bits per heavy atom. The van der Waals surface area contributed by atoms with E-state index in [2.05, 4.69) is 243 Å². The third-order valence-electron chi connectivity index (χ3n) is 15.6. The Balaban J connectivity index is 0.917. The second kappa shape index (κ2) is 15.0. The van der Waals surface area contributed by atoms with Gasteiger partial charge in [-0.3, -0.25) is 0 Å². The Bertz CT molecular complexity index is 4550. The van der Waals surface area contributed by atoms with Gasteiger partial charge in [0.15, 0.2) is 11.2 Å². The van der Waals surface area contributed by atoms with Gasteiger partial charge in [-0.05, 0) is 144 Å². The van der Waals surface area contributed by atoms with E-state index in [9.17, 15) is 0 Å². The number of fused-ring (bicyclic) bond motifs is 16. The molecule has 0 radical (unpaired) electrons. The molecule has 72 heavy (non-hydrogen) atoms. The van der Waals surface area contributed by atoms with Crippen LogP contribution in [0.15, 0.2) is 251 Å². The average Bonchev–Trinajstić information content (AvgIpc) is 4.03. The Morgan fingerprint density at radius 2 is 0.500 bits per heavy atom. The highest BCUT2D eigenvalue weighted by atomic mass is 16.4. The summed E-state index contributed by atoms with van der Waals surface area (Å²) < 4.78 is 14.3. The lowest BCUT2D eigenvalue weighted by Crippen LogP contribution is -1.91. The van der Waals surface area contributed by atoms with E-state index >= 15 is 0 Å². The maximum absolute atomic E-state index is 7.15. The first kappa shape index (κ1) is 39.4. The van der Waals surface area contributed by atoms with Crippen molar-refractivity contribution in [1.29, 1.82) is 0 Å². The van der Waals surface area contributed by atoms with E-state index in [4.69, 9.17) is 8.83 Å². The minimum atomic E-state index is 0.768. The van der Waals surface area contributed by atoms with Gasteiger partial charge in [0, 0.05) is 21.5 Å². The minimum Gasteiger partial charge on any atom is -0.452 e. The van der Waals surface area contributed by atoms with Crippen LogP contribution in [-0.4, -0.2) is 0 Å². The molecule has 2 aromatic heterocycles. The van der Waals surface area contributed by atoms with Crippen LogP contribution in [0.25, 0.3) is 164 Å². The standard InChI is InChI=1S/C70H40O2/c1-3-21-45-41(17-1)19-15-33-47(45)65-53-27-9-5-23-49(53)63(50-24-6-10-28-54(50)65)43-35-37-59-61(39-43)71-69-67(59)57-31-13-14-32-58(57)68-60-38-36-44(40-62(60)72-70(68)69)64-51-25-7-11-29-55(51)66(56-30-12-8-26-52(56)64)48-34-16-20-42-18-2-4-22-46(42)48/h1-40H. The first-order valence-electron chi connectivity index (χ1n) is 24.8. The minimum absolute atomic E-state index is 0.768. The van der Waals surface area contributed by atoms with Crippen LogP contribution in [-0.2, 0) is 0 Å². The number of furan rings is 2. The molecule has 0 aliphatic carbocycles. The van der Waals surface area contributed by atoms with Gasteiger partial charge in [0.05, 0.1) is 0 Å². The van der Waals surface area contributed by atoms with Crippen LogP contribution in [0.2, 0.25) is 0 Å². The Kier molecular flexibility index (Phi) is 8.20. The highest BCUT2D eigenvalue weighted by molar-refractivity contribution is 6.34. The molecule has 0 fully saturated rings. The van der Waals surface area contributed by atoms with Crippen LogP contribution in [0.4, 0.5) is 0 Å². The summed E-state index contributed by atoms with van der Waals surface area (Å²) in [5, 5.41) is 21.3. The van der Waals surface area contributed by atoms with Crippen molar-refractivity contribution in [1.82, 2.24) is 0 Å². The molecule has 0 aliphatic rings. The van der Waals surface area contributed by atoms with Crippen molar-refractivity contribution in [3.8, 4) is 44.5 Å². The number of rotatable bonds is 4. The van der Waals surface area contributed by atoms with E-state index in [0.29, 0.717) is 0 Å². The van der Waals surface area contributed by atoms with E-state index in [1.807, 2.05) is 0 Å². The van der Waals surface area contributed by atoms with Crippen LogP contribution in [0.3, 0.4) is 0 Å². The normalized spacial score (nSPS) is 12.2. The van der Waals surface area contributed by atoms with E-state index in [1.54, 1.807) is 0 Å². The van der Waals surface area contributed by atoms with Crippen molar-refractivity contribution in [2.75, 3.05) is 0 Å². The van der Waals surface area contributed by atoms with Crippen molar-refractivity contribution in [3.05, 3.63) is 243 Å². The van der Waals surface area contributed by atoms with Crippen molar-refractivity contribution >= 4 is 119 Å². The molecule has 0 unspecified atom stereocenters. The van der Waals surface area contributed by atoms with Crippen LogP contribution in [0.1, 0.15) is 0 Å². The third kappa shape index (κ3) is 5.49. The molecule has 0 saturated carbocycles. The average molecular weight is 913 g/mol. The zero-order valence-corrected chi connectivity index (χ0v) is 38.9. The molecule has 0 N–H and O–H groups in total. The lowest BCUT2D eigenvalue weighted by molar-refractivity contribution is 0.634. The molecule has 0 amide bonds. The molecule has 0 spiro atoms. The lowest BCUT2D eigenvalue weighted by atomic mass is 9.84. The largest absolute Gasteiger partial charge is 0.452 e. The van der Waals surface area contributed by atoms with E-state index < -0.39 is 0 Å². The van der Waals surface area contributed by atoms with Gasteiger partial charge >= 0.3 is 0 Å². The van der Waals surface area contributed by atoms with Gasteiger partial charge in [0.25, 0.3) is 0 Å². The van der Waals surface area contributed by atoms with Gasteiger partial charge in [0.1, 0.15) is 11.2 Å². The molecule has 2 heteroatoms. The highest BCUT2D eigenvalue weighted by Crippen LogP contribution is 2.50. The molecule has 0 bridgehead atoms. The summed E-state index contributed by atoms with van der Waals surface area (Å²) in [6.45, 7) is 0. The molecular formula is C70H40O2. The highest BCUT2D eigenvalue weighted by Gasteiger charge is 2.25. The van der Waals surface area contributed by atoms with Crippen LogP contribution in [0, 0.1) is 0 Å². The number of hydrogen-bond donors (Lipinski definition) is 0. The summed E-state index contributed by atoms with van der Waals surface area (Å²) in [4.78, 5) is 0. The Labute approximate surface area is 413 Å². The smallest absolute Gasteiger partial charge is 0.179 e. The predicted molar refractivity (Wildman–Crippen MR) is 305 cm³/mol. The summed E-state index contributed by atoms with van der Waals surface area (Å²) >= 11 is 0. The molecule has 16 rings (SSSR count). The zero-order chi connectivity index (χ0) is 47.0. The van der Waals surface area contributed by atoms with Crippen molar-refractivity contribution in [3.63, 3.8) is 0 Å². The SMILES string of the molecule is c1ccc2c(-c3c4ccccc4c(-c4ccc5c(c4)oc4c6oc7cc(-c8c9ccccc9c(-c9cccc%10ccccc9%10)c9ccccc89)ccc7c6c6ccccc6c54)c4ccccc34)cccc2c1. The Hall–Kier alpha value is -9.50. The van der Waals surface area contributed by atoms with Crippen molar-refractivity contribution < 1.29 is 8.83 Å². The number of hydrogen-bond acceptors (Lipinski definition) is 2. The first-order chi connectivity index (χ1) is 35.7. The molecule has 2 nitrogen and oxygen atoms in total. The van der Waals surface area contributed by atoms with Crippen LogP contribution in [0.5, 0.6) is 0 Å². The predicted octanol–water partition coefficient (Wildman–Crippen LogP) is 20.2. The topological polar surface area (TPSA) is 26.3 Å². The van der Waals surface area contributed by atoms with Gasteiger partial charge in [0.2, 0.25) is 0 Å². The van der Waals surface area contributed by atoms with Crippen molar-refractivity contribution in [2.24, 2.45) is 0 Å². The van der Waals surface area contributed by atoms with E-state index in [0.717, 1.165) is 65.8 Å². The number of benzene rings is 14. The van der Waals surface area contributed by atoms with Crippen LogP contribution >= 0.6 is 0 Å². The summed E-state index contributed by atoms with van der Waals surface area (Å²) in [6, 6.07) is 88.6. The third-order valence-corrected chi connectivity index (χ3v) is 15.6. The van der Waals surface area contributed by atoms with E-state index in [1.165, 1.54) is 98.0 Å². The van der Waals surface area contributed by atoms with Gasteiger partial charge in [-0.1, -0.05) is 218 Å². The summed E-state index contributed by atoms with van der Waals surface area (Å²) in [5.41, 5.74) is 12.8. The molecule has 0 saturated heterocycles.